The van der Waals surface area contributed by atoms with Gasteiger partial charge in [0.1, 0.15) is 43.2 Å². The molecule has 1 fully saturated rings. The molecule has 64 heavy (non-hydrogen) atoms. The summed E-state index contributed by atoms with van der Waals surface area (Å²) in [5.41, 5.74) is 0. The van der Waals surface area contributed by atoms with Crippen molar-refractivity contribution in [1.29, 1.82) is 0 Å². The van der Waals surface area contributed by atoms with Gasteiger partial charge >= 0.3 is 19.8 Å². The van der Waals surface area contributed by atoms with Gasteiger partial charge in [-0.15, -0.1) is 0 Å². The summed E-state index contributed by atoms with van der Waals surface area (Å²) in [7, 11) is -5.15. The van der Waals surface area contributed by atoms with Crippen LogP contribution in [0.2, 0.25) is 0 Å². The monoisotopic (exact) mass is 925 g/mol. The van der Waals surface area contributed by atoms with Gasteiger partial charge in [0.2, 0.25) is 0 Å². The van der Waals surface area contributed by atoms with Crippen molar-refractivity contribution in [3.63, 3.8) is 0 Å². The molecule has 1 saturated carbocycles. The number of rotatable bonds is 37. The van der Waals surface area contributed by atoms with Crippen molar-refractivity contribution in [2.75, 3.05) is 13.2 Å². The average molecular weight is 925 g/mol. The average Bonchev–Trinajstić information content (AvgIpc) is 3.27. The van der Waals surface area contributed by atoms with Crippen LogP contribution in [0, 0.1) is 0 Å². The summed E-state index contributed by atoms with van der Waals surface area (Å²) < 4.78 is 33.5. The highest BCUT2D eigenvalue weighted by Crippen LogP contribution is 2.47. The molecule has 1 aliphatic rings. The zero-order valence-corrected chi connectivity index (χ0v) is 39.3. The fraction of sp³-hybridized carbons (Fsp3) is 0.673. The third kappa shape index (κ3) is 30.2. The first kappa shape index (κ1) is 59.0. The Bertz CT molecular complexity index is 1460. The van der Waals surface area contributed by atoms with Crippen molar-refractivity contribution >= 4 is 19.8 Å². The molecule has 0 aliphatic heterocycles. The highest BCUT2D eigenvalue weighted by atomic mass is 31.2. The van der Waals surface area contributed by atoms with Gasteiger partial charge in [0.25, 0.3) is 0 Å². The molecule has 15 heteroatoms. The molecule has 366 valence electrons. The number of unbranched alkanes of at least 4 members (excludes halogenated alkanes) is 10. The number of aliphatic hydroxyl groups is 6. The lowest BCUT2D eigenvalue weighted by atomic mass is 9.85. The van der Waals surface area contributed by atoms with Gasteiger partial charge in [-0.25, -0.2) is 4.57 Å². The zero-order chi connectivity index (χ0) is 47.3. The van der Waals surface area contributed by atoms with Gasteiger partial charge in [-0.3, -0.25) is 18.6 Å². The van der Waals surface area contributed by atoms with E-state index in [0.717, 1.165) is 96.3 Å². The number of phosphoric acid groups is 1. The fourth-order valence-corrected chi connectivity index (χ4v) is 7.55. The van der Waals surface area contributed by atoms with Crippen LogP contribution in [-0.4, -0.2) is 110 Å². The summed E-state index contributed by atoms with van der Waals surface area (Å²) in [6.45, 7) is 2.95. The van der Waals surface area contributed by atoms with E-state index in [-0.39, 0.29) is 12.8 Å². The molecule has 0 aromatic rings. The SMILES string of the molecule is CC/C=C\C/C=C\C/C=C\C/C=C\CCCCCCCCC(=O)OC[C@H](COP(=O)(O)OC1[C@H](O)[C@H](O)C(O)[C@H](O)[C@H]1O)OC(=O)CCCCCCCC(O)/C=C/C=C/C/C=C/CC. The Kier molecular flexibility index (Phi) is 35.2. The molecular formula is C49H81O14P. The van der Waals surface area contributed by atoms with E-state index in [4.69, 9.17) is 18.5 Å². The number of carbonyl (C=O) groups excluding carboxylic acids is 2. The number of hydrogen-bond acceptors (Lipinski definition) is 13. The highest BCUT2D eigenvalue weighted by molar-refractivity contribution is 7.47. The van der Waals surface area contributed by atoms with Gasteiger partial charge in [-0.2, -0.15) is 0 Å². The number of phosphoric ester groups is 1. The molecule has 1 aliphatic carbocycles. The molecule has 1 rings (SSSR count). The Morgan fingerprint density at radius 3 is 1.61 bits per heavy atom. The number of allylic oxidation sites excluding steroid dienone is 13. The van der Waals surface area contributed by atoms with Gasteiger partial charge in [0.05, 0.1) is 12.7 Å². The summed E-state index contributed by atoms with van der Waals surface area (Å²) in [5, 5.41) is 60.3. The van der Waals surface area contributed by atoms with E-state index in [1.165, 1.54) is 0 Å². The maximum absolute atomic E-state index is 12.8. The Hall–Kier alpha value is -3.01. The van der Waals surface area contributed by atoms with Crippen LogP contribution in [0.4, 0.5) is 0 Å². The van der Waals surface area contributed by atoms with Crippen LogP contribution in [0.15, 0.2) is 85.1 Å². The molecule has 0 saturated heterocycles. The van der Waals surface area contributed by atoms with Crippen molar-refractivity contribution < 1.29 is 68.2 Å². The van der Waals surface area contributed by atoms with Crippen molar-refractivity contribution in [2.45, 2.75) is 198 Å². The Labute approximate surface area is 382 Å². The van der Waals surface area contributed by atoms with E-state index < -0.39 is 81.8 Å². The quantitative estimate of drug-likeness (QED) is 0.0102. The summed E-state index contributed by atoms with van der Waals surface area (Å²) in [4.78, 5) is 35.7. The molecule has 0 bridgehead atoms. The van der Waals surface area contributed by atoms with Crippen molar-refractivity contribution in [3.05, 3.63) is 85.1 Å². The molecule has 0 heterocycles. The molecule has 0 aromatic carbocycles. The largest absolute Gasteiger partial charge is 0.472 e. The minimum Gasteiger partial charge on any atom is -0.462 e. The Morgan fingerprint density at radius 1 is 0.562 bits per heavy atom. The van der Waals surface area contributed by atoms with Crippen molar-refractivity contribution in [1.82, 2.24) is 0 Å². The maximum atomic E-state index is 12.8. The van der Waals surface area contributed by atoms with Crippen LogP contribution in [0.25, 0.3) is 0 Å². The van der Waals surface area contributed by atoms with E-state index in [2.05, 4.69) is 74.6 Å². The molecule has 0 radical (unpaired) electrons. The molecule has 0 spiro atoms. The van der Waals surface area contributed by atoms with Gasteiger partial charge in [-0.1, -0.05) is 150 Å². The predicted molar refractivity (Wildman–Crippen MR) is 250 cm³/mol. The first-order valence-electron chi connectivity index (χ1n) is 23.5. The first-order valence-corrected chi connectivity index (χ1v) is 25.0. The Balaban J connectivity index is 2.49. The molecule has 9 atom stereocenters. The van der Waals surface area contributed by atoms with Gasteiger partial charge in [0.15, 0.2) is 6.10 Å². The summed E-state index contributed by atoms with van der Waals surface area (Å²) >= 11 is 0. The van der Waals surface area contributed by atoms with E-state index >= 15 is 0 Å². The lowest BCUT2D eigenvalue weighted by Gasteiger charge is -2.41. The lowest BCUT2D eigenvalue weighted by Crippen LogP contribution is -2.64. The van der Waals surface area contributed by atoms with Gasteiger partial charge in [-0.05, 0) is 70.6 Å². The molecular weight excluding hydrogens is 843 g/mol. The fourth-order valence-electron chi connectivity index (χ4n) is 6.58. The highest BCUT2D eigenvalue weighted by Gasteiger charge is 2.51. The summed E-state index contributed by atoms with van der Waals surface area (Å²) in [6, 6.07) is 0. The normalized spacial score (nSPS) is 22.8. The molecule has 0 amide bonds. The first-order chi connectivity index (χ1) is 30.8. The second-order valence-electron chi connectivity index (χ2n) is 16.0. The third-order valence-electron chi connectivity index (χ3n) is 10.3. The lowest BCUT2D eigenvalue weighted by molar-refractivity contribution is -0.220. The van der Waals surface area contributed by atoms with Crippen LogP contribution < -0.4 is 0 Å². The van der Waals surface area contributed by atoms with E-state index in [1.54, 1.807) is 6.08 Å². The van der Waals surface area contributed by atoms with Crippen LogP contribution in [-0.2, 0) is 32.7 Å². The number of esters is 2. The standard InChI is InChI=1S/C49H81O14P/c1-3-5-7-9-11-12-13-14-15-16-17-18-19-20-21-22-24-28-32-36-42(51)60-38-41(39-61-64(58,59)63-49-47(56)45(54)44(53)46(55)48(49)57)62-43(52)37-33-29-25-27-31-35-40(50)34-30-26-23-10-8-6-4-2/h5-8,11-12,14-15,17-18,23,26,30,34,40-41,44-50,53-57H,3-4,9-10,13,16,19-22,24-25,27-29,31-33,35-39H2,1-2H3,(H,58,59)/b7-5-,8-6+,12-11-,15-14-,18-17-,26-23+,34-30+/t40?,41-,44?,45-,46+,47-,48-,49?/m1/s1. The second kappa shape index (κ2) is 38.1. The molecule has 14 nitrogen and oxygen atoms in total. The number of hydrogen-bond donors (Lipinski definition) is 7. The van der Waals surface area contributed by atoms with Crippen molar-refractivity contribution in [3.8, 4) is 0 Å². The van der Waals surface area contributed by atoms with E-state index in [9.17, 15) is 49.7 Å². The Morgan fingerprint density at radius 2 is 1.03 bits per heavy atom. The maximum Gasteiger partial charge on any atom is 0.472 e. The smallest absolute Gasteiger partial charge is 0.462 e. The topological polar surface area (TPSA) is 230 Å². The summed E-state index contributed by atoms with van der Waals surface area (Å²) in [5.74, 6) is -1.20. The third-order valence-corrected chi connectivity index (χ3v) is 11.3. The van der Waals surface area contributed by atoms with Gasteiger partial charge < -0.3 is 45.0 Å². The molecule has 0 aromatic heterocycles. The minimum atomic E-state index is -5.15. The predicted octanol–water partition coefficient (Wildman–Crippen LogP) is 8.25. The molecule has 4 unspecified atom stereocenters. The van der Waals surface area contributed by atoms with Crippen LogP contribution in [0.1, 0.15) is 149 Å². The summed E-state index contributed by atoms with van der Waals surface area (Å²) in [6.07, 6.45) is 32.1. The van der Waals surface area contributed by atoms with Gasteiger partial charge in [0, 0.05) is 12.8 Å². The van der Waals surface area contributed by atoms with Crippen molar-refractivity contribution in [2.24, 2.45) is 0 Å². The van der Waals surface area contributed by atoms with Crippen LogP contribution in [0.5, 0.6) is 0 Å². The number of carbonyl (C=O) groups is 2. The minimum absolute atomic E-state index is 0.0187. The number of aliphatic hydroxyl groups excluding tert-OH is 6. The van der Waals surface area contributed by atoms with E-state index in [0.29, 0.717) is 25.7 Å². The van der Waals surface area contributed by atoms with Crippen LogP contribution in [0.3, 0.4) is 0 Å². The van der Waals surface area contributed by atoms with Crippen LogP contribution >= 0.6 is 7.82 Å². The molecule has 7 N–H and O–H groups in total. The number of ether oxygens (including phenoxy) is 2. The van der Waals surface area contributed by atoms with E-state index in [1.807, 2.05) is 18.2 Å². The second-order valence-corrected chi connectivity index (χ2v) is 17.5. The zero-order valence-electron chi connectivity index (χ0n) is 38.4.